The molecule has 6 nitrogen and oxygen atoms in total. The van der Waals surface area contributed by atoms with Gasteiger partial charge in [-0.1, -0.05) is 38.1 Å². The first-order chi connectivity index (χ1) is 12.9. The summed E-state index contributed by atoms with van der Waals surface area (Å²) in [7, 11) is 1.57. The van der Waals surface area contributed by atoms with Crippen LogP contribution in [0.25, 0.3) is 0 Å². The molecule has 0 unspecified atom stereocenters. The van der Waals surface area contributed by atoms with Gasteiger partial charge in [-0.25, -0.2) is 4.79 Å². The maximum absolute atomic E-state index is 11.8. The maximum atomic E-state index is 11.8. The van der Waals surface area contributed by atoms with E-state index in [4.69, 9.17) is 9.47 Å². The van der Waals surface area contributed by atoms with E-state index in [1.807, 2.05) is 19.9 Å². The number of methoxy groups -OCH3 is 1. The molecule has 146 valence electrons. The van der Waals surface area contributed by atoms with Crippen LogP contribution in [-0.2, 0) is 14.3 Å². The molecule has 0 heterocycles. The molecule has 0 aliphatic rings. The fourth-order valence-corrected chi connectivity index (χ4v) is 1.61. The highest BCUT2D eigenvalue weighted by atomic mass is 16.5. The summed E-state index contributed by atoms with van der Waals surface area (Å²) in [6.45, 7) is 6.53. The Labute approximate surface area is 160 Å². The van der Waals surface area contributed by atoms with Crippen molar-refractivity contribution in [3.8, 4) is 11.5 Å². The van der Waals surface area contributed by atoms with E-state index in [1.54, 1.807) is 55.6 Å². The number of carbonyl (C=O) groups is 3. The molecule has 0 fully saturated rings. The lowest BCUT2D eigenvalue weighted by Gasteiger charge is -2.05. The van der Waals surface area contributed by atoms with Gasteiger partial charge in [-0.15, -0.1) is 0 Å². The quantitative estimate of drug-likeness (QED) is 0.580. The zero-order valence-electron chi connectivity index (χ0n) is 16.4. The molecule has 0 N–H and O–H groups in total. The predicted molar refractivity (Wildman–Crippen MR) is 103 cm³/mol. The Hall–Kier alpha value is -3.15. The van der Waals surface area contributed by atoms with E-state index in [1.165, 1.54) is 13.8 Å². The molecule has 0 bridgehead atoms. The smallest absolute Gasteiger partial charge is 0.343 e. The van der Waals surface area contributed by atoms with Crippen LogP contribution in [0.15, 0.2) is 54.6 Å². The van der Waals surface area contributed by atoms with E-state index in [2.05, 4.69) is 4.74 Å². The first-order valence-electron chi connectivity index (χ1n) is 8.46. The minimum absolute atomic E-state index is 0.102. The summed E-state index contributed by atoms with van der Waals surface area (Å²) in [5.74, 6) is 0.195. The molecule has 0 radical (unpaired) electrons. The van der Waals surface area contributed by atoms with Crippen LogP contribution in [0, 0.1) is 0 Å². The molecule has 0 amide bonds. The number of Topliss-reactive ketones (excluding diaryl/α,β-unsaturated/α-hetero) is 1. The summed E-state index contributed by atoms with van der Waals surface area (Å²) < 4.78 is 14.6. The molecule has 0 atom stereocenters. The lowest BCUT2D eigenvalue weighted by Crippen LogP contribution is -2.08. The first kappa shape index (κ1) is 23.9. The predicted octanol–water partition coefficient (Wildman–Crippen LogP) is 4.08. The Morgan fingerprint density at radius 3 is 1.93 bits per heavy atom. The Kier molecular flexibility index (Phi) is 12.4. The van der Waals surface area contributed by atoms with E-state index in [0.717, 1.165) is 0 Å². The third kappa shape index (κ3) is 11.1. The molecule has 27 heavy (non-hydrogen) atoms. The second-order valence-corrected chi connectivity index (χ2v) is 4.92. The first-order valence-corrected chi connectivity index (χ1v) is 8.46. The van der Waals surface area contributed by atoms with Crippen LogP contribution in [0.5, 0.6) is 11.5 Å². The number of esters is 2. The van der Waals surface area contributed by atoms with Crippen LogP contribution in [0.3, 0.4) is 0 Å². The standard InChI is InChI=1S/C14H12O3.C5H8O3.C2H6/c1-16-12-8-5-9-13(10-12)17-14(15)11-6-3-2-4-7-11;1-4(6)3-8-5(2)7;1-2/h2-10H,1H3;3H2,1-2H3;1-2H3. The average molecular weight is 374 g/mol. The van der Waals surface area contributed by atoms with Crippen molar-refractivity contribution >= 4 is 17.7 Å². The number of hydrogen-bond donors (Lipinski definition) is 0. The molecular weight excluding hydrogens is 348 g/mol. The number of ether oxygens (including phenoxy) is 3. The van der Waals surface area contributed by atoms with Crippen molar-refractivity contribution in [1.82, 2.24) is 0 Å². The summed E-state index contributed by atoms with van der Waals surface area (Å²) in [4.78, 5) is 31.8. The summed E-state index contributed by atoms with van der Waals surface area (Å²) >= 11 is 0. The number of hydrogen-bond acceptors (Lipinski definition) is 6. The van der Waals surface area contributed by atoms with Crippen molar-refractivity contribution in [2.75, 3.05) is 13.7 Å². The SMILES string of the molecule is CC.CC(=O)COC(C)=O.COc1cccc(OC(=O)c2ccccc2)c1. The van der Waals surface area contributed by atoms with E-state index >= 15 is 0 Å². The number of carbonyl (C=O) groups excluding carboxylic acids is 3. The highest BCUT2D eigenvalue weighted by molar-refractivity contribution is 5.91. The third-order valence-electron chi connectivity index (χ3n) is 2.74. The molecule has 0 aliphatic heterocycles. The maximum Gasteiger partial charge on any atom is 0.343 e. The molecule has 0 spiro atoms. The summed E-state index contributed by atoms with van der Waals surface area (Å²) in [6, 6.07) is 15.8. The van der Waals surface area contributed by atoms with Gasteiger partial charge in [0.05, 0.1) is 12.7 Å². The molecule has 0 aliphatic carbocycles. The third-order valence-corrected chi connectivity index (χ3v) is 2.74. The second-order valence-electron chi connectivity index (χ2n) is 4.92. The summed E-state index contributed by atoms with van der Waals surface area (Å²) in [5.41, 5.74) is 0.523. The van der Waals surface area contributed by atoms with E-state index in [-0.39, 0.29) is 18.4 Å². The second kappa shape index (κ2) is 14.1. The van der Waals surface area contributed by atoms with Gasteiger partial charge in [0.25, 0.3) is 0 Å². The minimum atomic E-state index is -0.416. The summed E-state index contributed by atoms with van der Waals surface area (Å²) in [5, 5.41) is 0. The van der Waals surface area contributed by atoms with Crippen molar-refractivity contribution in [1.29, 1.82) is 0 Å². The van der Waals surface area contributed by atoms with Crippen molar-refractivity contribution in [2.45, 2.75) is 27.7 Å². The highest BCUT2D eigenvalue weighted by Gasteiger charge is 2.07. The van der Waals surface area contributed by atoms with Gasteiger partial charge in [-0.3, -0.25) is 9.59 Å². The zero-order valence-corrected chi connectivity index (χ0v) is 16.4. The fraction of sp³-hybridized carbons (Fsp3) is 0.286. The van der Waals surface area contributed by atoms with Crippen LogP contribution in [0.1, 0.15) is 38.1 Å². The van der Waals surface area contributed by atoms with Crippen LogP contribution < -0.4 is 9.47 Å². The monoisotopic (exact) mass is 374 g/mol. The van der Waals surface area contributed by atoms with E-state index in [9.17, 15) is 14.4 Å². The number of ketones is 1. The molecule has 2 aromatic carbocycles. The topological polar surface area (TPSA) is 78.9 Å². The van der Waals surface area contributed by atoms with Crippen molar-refractivity contribution in [3.05, 3.63) is 60.2 Å². The normalized spacial score (nSPS) is 8.78. The average Bonchev–Trinajstić information content (AvgIpc) is 2.69. The van der Waals surface area contributed by atoms with Gasteiger partial charge in [-0.2, -0.15) is 0 Å². The highest BCUT2D eigenvalue weighted by Crippen LogP contribution is 2.19. The van der Waals surface area contributed by atoms with Crippen LogP contribution in [-0.4, -0.2) is 31.4 Å². The van der Waals surface area contributed by atoms with Crippen LogP contribution >= 0.6 is 0 Å². The van der Waals surface area contributed by atoms with Crippen LogP contribution in [0.4, 0.5) is 0 Å². The van der Waals surface area contributed by atoms with Crippen molar-refractivity contribution in [3.63, 3.8) is 0 Å². The molecule has 0 aromatic heterocycles. The van der Waals surface area contributed by atoms with Gasteiger partial charge in [0.1, 0.15) is 18.1 Å². The number of benzene rings is 2. The summed E-state index contributed by atoms with van der Waals surface area (Å²) in [6.07, 6.45) is 0. The van der Waals surface area contributed by atoms with Gasteiger partial charge < -0.3 is 14.2 Å². The lowest BCUT2D eigenvalue weighted by atomic mass is 10.2. The fourth-order valence-electron chi connectivity index (χ4n) is 1.61. The molecule has 6 heteroatoms. The van der Waals surface area contributed by atoms with Gasteiger partial charge in [0, 0.05) is 13.0 Å². The Balaban J connectivity index is 0.000000574. The van der Waals surface area contributed by atoms with Gasteiger partial charge >= 0.3 is 11.9 Å². The Morgan fingerprint density at radius 1 is 0.852 bits per heavy atom. The Morgan fingerprint density at radius 2 is 1.44 bits per heavy atom. The lowest BCUT2D eigenvalue weighted by molar-refractivity contribution is -0.145. The minimum Gasteiger partial charge on any atom is -0.497 e. The molecule has 0 saturated carbocycles. The Bertz CT molecular complexity index is 696. The van der Waals surface area contributed by atoms with Crippen LogP contribution in [0.2, 0.25) is 0 Å². The van der Waals surface area contributed by atoms with Gasteiger partial charge in [-0.05, 0) is 31.2 Å². The van der Waals surface area contributed by atoms with E-state index < -0.39 is 5.97 Å². The molecule has 2 aromatic rings. The van der Waals surface area contributed by atoms with E-state index in [0.29, 0.717) is 17.1 Å². The van der Waals surface area contributed by atoms with Crippen molar-refractivity contribution in [2.24, 2.45) is 0 Å². The molecular formula is C21H26O6. The van der Waals surface area contributed by atoms with Gasteiger partial charge in [0.15, 0.2) is 5.78 Å². The van der Waals surface area contributed by atoms with Gasteiger partial charge in [0.2, 0.25) is 0 Å². The largest absolute Gasteiger partial charge is 0.497 e. The zero-order chi connectivity index (χ0) is 20.7. The molecule has 2 rings (SSSR count). The molecule has 0 saturated heterocycles. The number of rotatable bonds is 5. The van der Waals surface area contributed by atoms with Crippen molar-refractivity contribution < 1.29 is 28.6 Å².